The molecule has 2 aromatic rings. The SMILES string of the molecule is Cc1ccnc(NCc2cn[nH]c2N)c1C#N. The van der Waals surface area contributed by atoms with E-state index in [1.807, 2.05) is 6.92 Å². The zero-order valence-corrected chi connectivity index (χ0v) is 9.36. The van der Waals surface area contributed by atoms with E-state index in [0.717, 1.165) is 11.1 Å². The molecule has 86 valence electrons. The molecule has 2 heterocycles. The Labute approximate surface area is 98.5 Å². The molecular weight excluding hydrogens is 216 g/mol. The van der Waals surface area contributed by atoms with Crippen molar-refractivity contribution in [1.29, 1.82) is 5.26 Å². The summed E-state index contributed by atoms with van der Waals surface area (Å²) in [6.07, 6.45) is 3.31. The summed E-state index contributed by atoms with van der Waals surface area (Å²) in [5.41, 5.74) is 7.95. The van der Waals surface area contributed by atoms with Crippen molar-refractivity contribution in [2.45, 2.75) is 13.5 Å². The number of aryl methyl sites for hydroxylation is 1. The van der Waals surface area contributed by atoms with Gasteiger partial charge in [-0.05, 0) is 18.6 Å². The molecule has 0 amide bonds. The number of aromatic nitrogens is 3. The first-order valence-corrected chi connectivity index (χ1v) is 5.09. The lowest BCUT2D eigenvalue weighted by molar-refractivity contribution is 1.10. The summed E-state index contributed by atoms with van der Waals surface area (Å²) in [5, 5.41) is 18.6. The third-order valence-corrected chi connectivity index (χ3v) is 2.47. The highest BCUT2D eigenvalue weighted by Crippen LogP contribution is 2.16. The molecule has 0 spiro atoms. The molecule has 0 saturated heterocycles. The Bertz CT molecular complexity index is 566. The van der Waals surface area contributed by atoms with E-state index in [4.69, 9.17) is 11.0 Å². The van der Waals surface area contributed by atoms with E-state index in [0.29, 0.717) is 23.7 Å². The molecule has 0 radical (unpaired) electrons. The molecule has 6 heteroatoms. The Morgan fingerprint density at radius 1 is 1.59 bits per heavy atom. The first-order valence-electron chi connectivity index (χ1n) is 5.09. The molecular formula is C11H12N6. The lowest BCUT2D eigenvalue weighted by Crippen LogP contribution is -2.05. The molecule has 0 bridgehead atoms. The number of H-pyrrole nitrogens is 1. The van der Waals surface area contributed by atoms with Gasteiger partial charge in [0, 0.05) is 18.3 Å². The van der Waals surface area contributed by atoms with Gasteiger partial charge in [-0.2, -0.15) is 10.4 Å². The topological polar surface area (TPSA) is 103 Å². The molecule has 0 aliphatic heterocycles. The van der Waals surface area contributed by atoms with Gasteiger partial charge in [-0.15, -0.1) is 0 Å². The minimum Gasteiger partial charge on any atom is -0.384 e. The predicted molar refractivity (Wildman–Crippen MR) is 64.0 cm³/mol. The lowest BCUT2D eigenvalue weighted by atomic mass is 10.1. The maximum absolute atomic E-state index is 9.04. The number of nitrogens with two attached hydrogens (primary N) is 1. The van der Waals surface area contributed by atoms with E-state index in [-0.39, 0.29) is 0 Å². The van der Waals surface area contributed by atoms with Crippen LogP contribution in [-0.2, 0) is 6.54 Å². The number of hydrogen-bond acceptors (Lipinski definition) is 5. The van der Waals surface area contributed by atoms with Crippen LogP contribution >= 0.6 is 0 Å². The molecule has 17 heavy (non-hydrogen) atoms. The van der Waals surface area contributed by atoms with Crippen molar-refractivity contribution in [3.8, 4) is 6.07 Å². The second-order valence-electron chi connectivity index (χ2n) is 3.63. The van der Waals surface area contributed by atoms with Gasteiger partial charge in [-0.25, -0.2) is 4.98 Å². The first kappa shape index (κ1) is 11.0. The molecule has 2 rings (SSSR count). The van der Waals surface area contributed by atoms with Crippen molar-refractivity contribution in [3.63, 3.8) is 0 Å². The fourth-order valence-electron chi connectivity index (χ4n) is 1.47. The second-order valence-corrected chi connectivity index (χ2v) is 3.63. The Kier molecular flexibility index (Phi) is 2.92. The molecule has 0 aliphatic rings. The minimum atomic E-state index is 0.480. The summed E-state index contributed by atoms with van der Waals surface area (Å²) >= 11 is 0. The van der Waals surface area contributed by atoms with Gasteiger partial charge < -0.3 is 11.1 Å². The van der Waals surface area contributed by atoms with E-state index in [1.54, 1.807) is 18.5 Å². The highest BCUT2D eigenvalue weighted by Gasteiger charge is 2.07. The zero-order chi connectivity index (χ0) is 12.3. The zero-order valence-electron chi connectivity index (χ0n) is 9.36. The van der Waals surface area contributed by atoms with Gasteiger partial charge in [0.15, 0.2) is 0 Å². The molecule has 0 saturated carbocycles. The normalized spacial score (nSPS) is 9.88. The van der Waals surface area contributed by atoms with Gasteiger partial charge in [0.2, 0.25) is 0 Å². The third kappa shape index (κ3) is 2.18. The van der Waals surface area contributed by atoms with E-state index in [2.05, 4.69) is 26.6 Å². The van der Waals surface area contributed by atoms with E-state index < -0.39 is 0 Å². The number of nitriles is 1. The monoisotopic (exact) mass is 228 g/mol. The van der Waals surface area contributed by atoms with Crippen LogP contribution in [0.25, 0.3) is 0 Å². The smallest absolute Gasteiger partial charge is 0.144 e. The van der Waals surface area contributed by atoms with Gasteiger partial charge in [-0.3, -0.25) is 5.10 Å². The standard InChI is InChI=1S/C11H12N6/c1-7-2-3-14-11(9(7)4-12)15-5-8-6-16-17-10(8)13/h2-3,6H,5H2,1H3,(H,14,15)(H3,13,16,17). The van der Waals surface area contributed by atoms with Crippen LogP contribution in [0.1, 0.15) is 16.7 Å². The predicted octanol–water partition coefficient (Wildman–Crippen LogP) is 1.18. The fraction of sp³-hybridized carbons (Fsp3) is 0.182. The van der Waals surface area contributed by atoms with Gasteiger partial charge in [0.05, 0.1) is 11.8 Å². The molecule has 6 nitrogen and oxygen atoms in total. The molecule has 0 aromatic carbocycles. The molecule has 4 N–H and O–H groups in total. The largest absolute Gasteiger partial charge is 0.384 e. The average molecular weight is 228 g/mol. The van der Waals surface area contributed by atoms with Crippen molar-refractivity contribution in [1.82, 2.24) is 15.2 Å². The van der Waals surface area contributed by atoms with Gasteiger partial charge >= 0.3 is 0 Å². The second kappa shape index (κ2) is 4.53. The number of nitrogens with zero attached hydrogens (tertiary/aromatic N) is 3. The summed E-state index contributed by atoms with van der Waals surface area (Å²) in [6.45, 7) is 2.35. The number of pyridine rings is 1. The summed E-state index contributed by atoms with van der Waals surface area (Å²) in [6, 6.07) is 3.93. The van der Waals surface area contributed by atoms with E-state index >= 15 is 0 Å². The number of anilines is 2. The van der Waals surface area contributed by atoms with Crippen LogP contribution in [0.4, 0.5) is 11.6 Å². The number of aromatic amines is 1. The van der Waals surface area contributed by atoms with Crippen molar-refractivity contribution in [3.05, 3.63) is 35.2 Å². The number of nitrogen functional groups attached to an aromatic ring is 1. The molecule has 2 aromatic heterocycles. The Balaban J connectivity index is 2.18. The fourth-order valence-corrected chi connectivity index (χ4v) is 1.47. The van der Waals surface area contributed by atoms with Crippen LogP contribution in [0.2, 0.25) is 0 Å². The summed E-state index contributed by atoms with van der Waals surface area (Å²) in [5.74, 6) is 1.08. The molecule has 0 fully saturated rings. The molecule has 0 unspecified atom stereocenters. The van der Waals surface area contributed by atoms with Gasteiger partial charge in [0.25, 0.3) is 0 Å². The Morgan fingerprint density at radius 3 is 3.06 bits per heavy atom. The van der Waals surface area contributed by atoms with Crippen molar-refractivity contribution >= 4 is 11.6 Å². The molecule has 0 aliphatic carbocycles. The summed E-state index contributed by atoms with van der Waals surface area (Å²) < 4.78 is 0. The van der Waals surface area contributed by atoms with Gasteiger partial charge in [0.1, 0.15) is 17.7 Å². The number of nitrogens with one attached hydrogen (secondary N) is 2. The van der Waals surface area contributed by atoms with Crippen molar-refractivity contribution in [2.24, 2.45) is 0 Å². The Hall–Kier alpha value is -2.55. The van der Waals surface area contributed by atoms with Crippen LogP contribution in [0.3, 0.4) is 0 Å². The van der Waals surface area contributed by atoms with Crippen LogP contribution in [-0.4, -0.2) is 15.2 Å². The lowest BCUT2D eigenvalue weighted by Gasteiger charge is -2.07. The van der Waals surface area contributed by atoms with Crippen LogP contribution in [0, 0.1) is 18.3 Å². The maximum atomic E-state index is 9.04. The molecule has 0 atom stereocenters. The van der Waals surface area contributed by atoms with Crippen molar-refractivity contribution in [2.75, 3.05) is 11.1 Å². The highest BCUT2D eigenvalue weighted by molar-refractivity contribution is 5.56. The summed E-state index contributed by atoms with van der Waals surface area (Å²) in [4.78, 5) is 4.13. The minimum absolute atomic E-state index is 0.480. The third-order valence-electron chi connectivity index (χ3n) is 2.47. The van der Waals surface area contributed by atoms with Crippen LogP contribution in [0.5, 0.6) is 0 Å². The number of hydrogen-bond donors (Lipinski definition) is 3. The van der Waals surface area contributed by atoms with Gasteiger partial charge in [-0.1, -0.05) is 0 Å². The van der Waals surface area contributed by atoms with E-state index in [9.17, 15) is 0 Å². The summed E-state index contributed by atoms with van der Waals surface area (Å²) in [7, 11) is 0. The highest BCUT2D eigenvalue weighted by atomic mass is 15.1. The number of rotatable bonds is 3. The quantitative estimate of drug-likeness (QED) is 0.731. The first-order chi connectivity index (χ1) is 8.22. The van der Waals surface area contributed by atoms with Crippen LogP contribution < -0.4 is 11.1 Å². The Morgan fingerprint density at radius 2 is 2.41 bits per heavy atom. The van der Waals surface area contributed by atoms with E-state index in [1.165, 1.54) is 0 Å². The maximum Gasteiger partial charge on any atom is 0.144 e. The van der Waals surface area contributed by atoms with Crippen molar-refractivity contribution < 1.29 is 0 Å². The average Bonchev–Trinajstić information content (AvgIpc) is 2.72. The van der Waals surface area contributed by atoms with Crippen LogP contribution in [0.15, 0.2) is 18.5 Å².